The van der Waals surface area contributed by atoms with Crippen molar-refractivity contribution < 1.29 is 26.6 Å². The molecule has 0 spiro atoms. The summed E-state index contributed by atoms with van der Waals surface area (Å²) in [6.07, 6.45) is 2.05. The highest BCUT2D eigenvalue weighted by atomic mass is 32.1. The number of hydrogen-bond acceptors (Lipinski definition) is 2. The molecule has 8 heteroatoms. The minimum Gasteiger partial charge on any atom is -0.418 e. The monoisotopic (exact) mass is 231 g/mol. The van der Waals surface area contributed by atoms with E-state index in [9.17, 15) is 17.3 Å². The molecule has 2 nitrogen and oxygen atoms in total. The summed E-state index contributed by atoms with van der Waals surface area (Å²) in [6, 6.07) is 0. The van der Waals surface area contributed by atoms with Crippen LogP contribution in [0.2, 0.25) is 0 Å². The lowest BCUT2D eigenvalue weighted by Crippen LogP contribution is -2.32. The Morgan fingerprint density at radius 1 is 1.36 bits per heavy atom. The van der Waals surface area contributed by atoms with Crippen molar-refractivity contribution in [3.8, 4) is 0 Å². The Kier molecular flexibility index (Phi) is 6.47. The zero-order valence-corrected chi connectivity index (χ0v) is 8.32. The lowest BCUT2D eigenvalue weighted by Gasteiger charge is -1.94. The maximum atomic E-state index is 9.75. The third kappa shape index (κ3) is 11.4. The Bertz CT molecular complexity index is 222. The highest BCUT2D eigenvalue weighted by Gasteiger charge is 2.20. The SMILES string of the molecule is COCC[n+]1ccsc1.F[B-](F)(F)F. The molecule has 1 aromatic heterocycles. The van der Waals surface area contributed by atoms with Crippen LogP contribution in [-0.4, -0.2) is 21.0 Å². The maximum Gasteiger partial charge on any atom is 0.673 e. The Hall–Kier alpha value is -0.625. The molecule has 0 aliphatic carbocycles. The van der Waals surface area contributed by atoms with Crippen LogP contribution in [0.3, 0.4) is 0 Å². The fourth-order valence-corrected chi connectivity index (χ4v) is 1.21. The first-order valence-electron chi connectivity index (χ1n) is 3.71. The van der Waals surface area contributed by atoms with Crippen LogP contribution in [0.4, 0.5) is 17.3 Å². The number of hydrogen-bond donors (Lipinski definition) is 0. The Morgan fingerprint density at radius 3 is 2.29 bits per heavy atom. The number of nitrogens with zero attached hydrogens (tertiary/aromatic N) is 1. The largest absolute Gasteiger partial charge is 0.673 e. The van der Waals surface area contributed by atoms with Crippen LogP contribution < -0.4 is 4.57 Å². The minimum atomic E-state index is -6.00. The molecule has 1 rings (SSSR count). The van der Waals surface area contributed by atoms with Gasteiger partial charge in [-0.1, -0.05) is 11.3 Å². The van der Waals surface area contributed by atoms with E-state index in [1.54, 1.807) is 18.4 Å². The lowest BCUT2D eigenvalue weighted by atomic mass is 10.3. The van der Waals surface area contributed by atoms with Crippen molar-refractivity contribution >= 4 is 18.6 Å². The van der Waals surface area contributed by atoms with Gasteiger partial charge in [-0.3, -0.25) is 0 Å². The van der Waals surface area contributed by atoms with Crippen LogP contribution in [0.15, 0.2) is 17.1 Å². The second-order valence-electron chi connectivity index (χ2n) is 2.25. The summed E-state index contributed by atoms with van der Waals surface area (Å²) in [4.78, 5) is 0. The summed E-state index contributed by atoms with van der Waals surface area (Å²) >= 11 is 1.70. The van der Waals surface area contributed by atoms with Gasteiger partial charge in [-0.2, -0.15) is 4.57 Å². The number of aromatic nitrogens is 1. The van der Waals surface area contributed by atoms with Gasteiger partial charge in [-0.25, -0.2) is 0 Å². The molecule has 0 fully saturated rings. The Morgan fingerprint density at radius 2 is 1.93 bits per heavy atom. The molecule has 0 radical (unpaired) electrons. The van der Waals surface area contributed by atoms with Crippen LogP contribution in [0, 0.1) is 0 Å². The molecule has 0 aliphatic heterocycles. The molecule has 0 amide bonds. The fraction of sp³-hybridized carbons (Fsp3) is 0.500. The predicted octanol–water partition coefficient (Wildman–Crippen LogP) is 1.98. The smallest absolute Gasteiger partial charge is 0.418 e. The molecule has 0 atom stereocenters. The normalized spacial score (nSPS) is 10.6. The fourth-order valence-electron chi connectivity index (χ4n) is 0.586. The molecule has 0 saturated heterocycles. The highest BCUT2D eigenvalue weighted by molar-refractivity contribution is 7.07. The summed E-state index contributed by atoms with van der Waals surface area (Å²) < 4.78 is 46.0. The van der Waals surface area contributed by atoms with Crippen LogP contribution in [0.5, 0.6) is 0 Å². The zero-order valence-electron chi connectivity index (χ0n) is 7.50. The van der Waals surface area contributed by atoms with Gasteiger partial charge in [0.25, 0.3) is 0 Å². The Balaban J connectivity index is 0.000000292. The first-order valence-corrected chi connectivity index (χ1v) is 4.65. The minimum absolute atomic E-state index is 0.793. The number of ether oxygens (including phenoxy) is 1. The van der Waals surface area contributed by atoms with E-state index in [1.165, 1.54) is 0 Å². The molecule has 0 N–H and O–H groups in total. The number of methoxy groups -OCH3 is 1. The van der Waals surface area contributed by atoms with Crippen molar-refractivity contribution in [3.63, 3.8) is 0 Å². The standard InChI is InChI=1S/C6H10NOS.BF4/c1-8-4-2-7-3-5-9-6-7;2-1(3,4)5/h3,5-6H,2,4H2,1H3;/q+1;-1. The molecule has 1 heterocycles. The van der Waals surface area contributed by atoms with Gasteiger partial charge in [0, 0.05) is 7.11 Å². The van der Waals surface area contributed by atoms with Gasteiger partial charge in [-0.05, 0) is 0 Å². The van der Waals surface area contributed by atoms with Crippen LogP contribution in [0.25, 0.3) is 0 Å². The molecule has 82 valence electrons. The first kappa shape index (κ1) is 13.4. The molecule has 0 unspecified atom stereocenters. The quantitative estimate of drug-likeness (QED) is 0.440. The van der Waals surface area contributed by atoms with Crippen LogP contribution >= 0.6 is 11.3 Å². The van der Waals surface area contributed by atoms with Crippen molar-refractivity contribution in [2.24, 2.45) is 0 Å². The number of halogens is 4. The summed E-state index contributed by atoms with van der Waals surface area (Å²) in [6.45, 7) is 1.75. The molecule has 0 aromatic carbocycles. The van der Waals surface area contributed by atoms with Crippen LogP contribution in [0.1, 0.15) is 0 Å². The van der Waals surface area contributed by atoms with E-state index in [0.717, 1.165) is 13.2 Å². The summed E-state index contributed by atoms with van der Waals surface area (Å²) in [7, 11) is -4.28. The summed E-state index contributed by atoms with van der Waals surface area (Å²) in [5.74, 6) is 0. The van der Waals surface area contributed by atoms with Gasteiger partial charge in [-0.15, -0.1) is 0 Å². The van der Waals surface area contributed by atoms with Gasteiger partial charge in [0.05, 0.1) is 5.38 Å². The summed E-state index contributed by atoms with van der Waals surface area (Å²) in [5, 5.41) is 2.05. The van der Waals surface area contributed by atoms with Crippen molar-refractivity contribution in [3.05, 3.63) is 17.1 Å². The topological polar surface area (TPSA) is 13.1 Å². The molecule has 0 aliphatic rings. The van der Waals surface area contributed by atoms with Gasteiger partial charge in [0.1, 0.15) is 6.61 Å². The van der Waals surface area contributed by atoms with E-state index in [1.807, 2.05) is 6.20 Å². The predicted molar refractivity (Wildman–Crippen MR) is 46.6 cm³/mol. The molecular formula is C6H10BF4NOS. The molecule has 0 bridgehead atoms. The zero-order chi connectivity index (χ0) is 11.0. The maximum absolute atomic E-state index is 9.75. The third-order valence-corrected chi connectivity index (χ3v) is 1.75. The van der Waals surface area contributed by atoms with Gasteiger partial charge >= 0.3 is 7.25 Å². The Labute approximate surface area is 83.2 Å². The lowest BCUT2D eigenvalue weighted by molar-refractivity contribution is -0.693. The van der Waals surface area contributed by atoms with E-state index in [0.29, 0.717) is 0 Å². The second-order valence-corrected chi connectivity index (χ2v) is 3.01. The van der Waals surface area contributed by atoms with Crippen molar-refractivity contribution in [1.29, 1.82) is 0 Å². The van der Waals surface area contributed by atoms with Gasteiger partial charge < -0.3 is 22.0 Å². The van der Waals surface area contributed by atoms with E-state index >= 15 is 0 Å². The third-order valence-electron chi connectivity index (χ3n) is 1.08. The first-order chi connectivity index (χ1) is 6.43. The highest BCUT2D eigenvalue weighted by Crippen LogP contribution is 2.06. The molecule has 0 saturated carbocycles. The van der Waals surface area contributed by atoms with E-state index < -0.39 is 7.25 Å². The average molecular weight is 231 g/mol. The molecular weight excluding hydrogens is 221 g/mol. The molecule has 14 heavy (non-hydrogen) atoms. The van der Waals surface area contributed by atoms with Crippen molar-refractivity contribution in [2.75, 3.05) is 13.7 Å². The van der Waals surface area contributed by atoms with E-state index in [-0.39, 0.29) is 0 Å². The molecule has 1 aromatic rings. The van der Waals surface area contributed by atoms with Crippen molar-refractivity contribution in [1.82, 2.24) is 0 Å². The van der Waals surface area contributed by atoms with E-state index in [2.05, 4.69) is 15.5 Å². The van der Waals surface area contributed by atoms with E-state index in [4.69, 9.17) is 4.74 Å². The number of rotatable bonds is 3. The number of thiazole rings is 1. The van der Waals surface area contributed by atoms with Gasteiger partial charge in [0.15, 0.2) is 12.7 Å². The summed E-state index contributed by atoms with van der Waals surface area (Å²) in [5.41, 5.74) is 2.07. The van der Waals surface area contributed by atoms with Crippen LogP contribution in [-0.2, 0) is 11.3 Å². The van der Waals surface area contributed by atoms with Gasteiger partial charge in [0.2, 0.25) is 5.51 Å². The second kappa shape index (κ2) is 6.77. The van der Waals surface area contributed by atoms with Crippen molar-refractivity contribution in [2.45, 2.75) is 6.54 Å². The average Bonchev–Trinajstić information content (AvgIpc) is 2.49.